The SMILES string of the molecule is NC(=O)C[C@H](NC(=O)[C@@H](N)Cc1c[nH]c2ccccc12)C(=O)N1CCC[C@H]1C(=O)N[C@@H](Cc1c[nH]c2ccccc12)C(=O)O. The van der Waals surface area contributed by atoms with Crippen LogP contribution in [0.25, 0.3) is 21.8 Å². The Morgan fingerprint density at radius 1 is 0.886 bits per heavy atom. The molecule has 0 aliphatic carbocycles. The number of rotatable bonds is 12. The van der Waals surface area contributed by atoms with Gasteiger partial charge in [-0.15, -0.1) is 0 Å². The predicted octanol–water partition coefficient (Wildman–Crippen LogP) is 0.682. The van der Waals surface area contributed by atoms with Crippen molar-refractivity contribution in [2.45, 2.75) is 56.3 Å². The number of carboxylic acid groups (broad SMARTS) is 1. The van der Waals surface area contributed by atoms with E-state index in [1.54, 1.807) is 12.4 Å². The minimum Gasteiger partial charge on any atom is -0.480 e. The first-order chi connectivity index (χ1) is 21.1. The maximum absolute atomic E-state index is 13.6. The van der Waals surface area contributed by atoms with Gasteiger partial charge < -0.3 is 42.1 Å². The second kappa shape index (κ2) is 13.0. The number of benzene rings is 2. The van der Waals surface area contributed by atoms with Crippen LogP contribution in [0.5, 0.6) is 0 Å². The lowest BCUT2D eigenvalue weighted by molar-refractivity contribution is -0.145. The molecule has 1 aliphatic heterocycles. The number of aliphatic carboxylic acids is 1. The zero-order valence-electron chi connectivity index (χ0n) is 23.9. The number of hydrogen-bond acceptors (Lipinski definition) is 6. The number of nitrogens with one attached hydrogen (secondary N) is 4. The first-order valence-corrected chi connectivity index (χ1v) is 14.4. The predicted molar refractivity (Wildman–Crippen MR) is 162 cm³/mol. The highest BCUT2D eigenvalue weighted by Gasteiger charge is 2.39. The van der Waals surface area contributed by atoms with Crippen LogP contribution in [0.3, 0.4) is 0 Å². The number of para-hydroxylation sites is 2. The topological polar surface area (TPSA) is 216 Å². The summed E-state index contributed by atoms with van der Waals surface area (Å²) < 4.78 is 0. The second-order valence-electron chi connectivity index (χ2n) is 11.1. The smallest absolute Gasteiger partial charge is 0.326 e. The summed E-state index contributed by atoms with van der Waals surface area (Å²) in [4.78, 5) is 71.5. The number of fused-ring (bicyclic) bond motifs is 2. The third-order valence-corrected chi connectivity index (χ3v) is 8.02. The molecule has 0 radical (unpaired) electrons. The molecule has 1 saturated heterocycles. The first-order valence-electron chi connectivity index (χ1n) is 14.4. The fraction of sp³-hybridized carbons (Fsp3) is 0.323. The quantitative estimate of drug-likeness (QED) is 0.123. The van der Waals surface area contributed by atoms with Crippen molar-refractivity contribution < 1.29 is 29.1 Å². The maximum atomic E-state index is 13.6. The van der Waals surface area contributed by atoms with Gasteiger partial charge in [0.25, 0.3) is 0 Å². The van der Waals surface area contributed by atoms with Gasteiger partial charge in [0.05, 0.1) is 12.5 Å². The van der Waals surface area contributed by atoms with Gasteiger partial charge in [-0.3, -0.25) is 19.2 Å². The Hall–Kier alpha value is -5.17. The van der Waals surface area contributed by atoms with Crippen LogP contribution in [0.2, 0.25) is 0 Å². The Labute approximate surface area is 252 Å². The molecule has 2 aromatic carbocycles. The molecule has 4 atom stereocenters. The molecule has 0 spiro atoms. The molecule has 230 valence electrons. The van der Waals surface area contributed by atoms with Crippen LogP contribution in [-0.4, -0.2) is 80.3 Å². The molecule has 0 unspecified atom stereocenters. The molecule has 1 aliphatic rings. The van der Waals surface area contributed by atoms with E-state index < -0.39 is 60.2 Å². The summed E-state index contributed by atoms with van der Waals surface area (Å²) in [6.45, 7) is 0.184. The van der Waals surface area contributed by atoms with Gasteiger partial charge in [-0.2, -0.15) is 0 Å². The van der Waals surface area contributed by atoms with Crippen molar-refractivity contribution in [3.63, 3.8) is 0 Å². The number of aromatic amines is 2. The van der Waals surface area contributed by atoms with Crippen LogP contribution in [0.15, 0.2) is 60.9 Å². The highest BCUT2D eigenvalue weighted by atomic mass is 16.4. The Morgan fingerprint density at radius 2 is 1.48 bits per heavy atom. The van der Waals surface area contributed by atoms with Crippen LogP contribution >= 0.6 is 0 Å². The average Bonchev–Trinajstić information content (AvgIpc) is 3.75. The molecule has 5 rings (SSSR count). The summed E-state index contributed by atoms with van der Waals surface area (Å²) in [6, 6.07) is 10.4. The summed E-state index contributed by atoms with van der Waals surface area (Å²) in [7, 11) is 0. The van der Waals surface area contributed by atoms with Crippen molar-refractivity contribution >= 4 is 51.4 Å². The van der Waals surface area contributed by atoms with E-state index in [1.807, 2.05) is 48.5 Å². The van der Waals surface area contributed by atoms with E-state index in [0.29, 0.717) is 6.42 Å². The third-order valence-electron chi connectivity index (χ3n) is 8.02. The summed E-state index contributed by atoms with van der Waals surface area (Å²) in [5.41, 5.74) is 14.9. The van der Waals surface area contributed by atoms with Crippen molar-refractivity contribution in [1.29, 1.82) is 0 Å². The fourth-order valence-corrected chi connectivity index (χ4v) is 5.80. The highest BCUT2D eigenvalue weighted by Crippen LogP contribution is 2.22. The van der Waals surface area contributed by atoms with Gasteiger partial charge in [0, 0.05) is 47.2 Å². The molecule has 4 amide bonds. The normalized spacial score (nSPS) is 16.8. The molecule has 3 heterocycles. The van der Waals surface area contributed by atoms with Gasteiger partial charge in [0.15, 0.2) is 0 Å². The van der Waals surface area contributed by atoms with Crippen molar-refractivity contribution in [3.8, 4) is 0 Å². The summed E-state index contributed by atoms with van der Waals surface area (Å²) in [5, 5.41) is 16.8. The number of nitrogens with two attached hydrogens (primary N) is 2. The van der Waals surface area contributed by atoms with Crippen LogP contribution in [0.4, 0.5) is 0 Å². The van der Waals surface area contributed by atoms with E-state index >= 15 is 0 Å². The molecule has 0 saturated carbocycles. The standard InChI is InChI=1S/C31H35N7O6/c32-21(12-17-15-34-22-8-3-1-6-19(17)22)28(40)36-24(14-27(33)39)30(42)38-11-5-10-26(38)29(41)37-25(31(43)44)13-18-16-35-23-9-4-2-7-20(18)23/h1-4,6-9,15-16,21,24-26,34-35H,5,10-14,32H2,(H2,33,39)(H,36,40)(H,37,41)(H,43,44)/t21-,24-,25-,26-/m0/s1. The van der Waals surface area contributed by atoms with Gasteiger partial charge in [0.2, 0.25) is 23.6 Å². The van der Waals surface area contributed by atoms with Gasteiger partial charge in [-0.25, -0.2) is 4.79 Å². The van der Waals surface area contributed by atoms with Crippen LogP contribution in [-0.2, 0) is 36.8 Å². The van der Waals surface area contributed by atoms with E-state index in [-0.39, 0.29) is 25.8 Å². The Morgan fingerprint density at radius 3 is 2.07 bits per heavy atom. The molecule has 1 fully saturated rings. The molecule has 44 heavy (non-hydrogen) atoms. The summed E-state index contributed by atoms with van der Waals surface area (Å²) >= 11 is 0. The van der Waals surface area contributed by atoms with E-state index in [2.05, 4.69) is 20.6 Å². The summed E-state index contributed by atoms with van der Waals surface area (Å²) in [5.74, 6) is -4.00. The highest BCUT2D eigenvalue weighted by molar-refractivity contribution is 5.97. The first kappa shape index (κ1) is 30.3. The van der Waals surface area contributed by atoms with Crippen molar-refractivity contribution in [2.24, 2.45) is 11.5 Å². The van der Waals surface area contributed by atoms with Gasteiger partial charge >= 0.3 is 5.97 Å². The molecule has 4 aromatic rings. The van der Waals surface area contributed by atoms with E-state index in [9.17, 15) is 29.1 Å². The van der Waals surface area contributed by atoms with E-state index in [4.69, 9.17) is 11.5 Å². The van der Waals surface area contributed by atoms with Gasteiger partial charge in [-0.05, 0) is 42.5 Å². The molecular formula is C31H35N7O6. The van der Waals surface area contributed by atoms with Gasteiger partial charge in [0.1, 0.15) is 18.1 Å². The van der Waals surface area contributed by atoms with Crippen molar-refractivity contribution in [2.75, 3.05) is 6.54 Å². The minimum absolute atomic E-state index is 0.0282. The minimum atomic E-state index is -1.34. The zero-order valence-corrected chi connectivity index (χ0v) is 23.9. The number of H-pyrrole nitrogens is 2. The Bertz CT molecular complexity index is 1710. The second-order valence-corrected chi connectivity index (χ2v) is 11.1. The van der Waals surface area contributed by atoms with E-state index in [0.717, 1.165) is 32.9 Å². The fourth-order valence-electron chi connectivity index (χ4n) is 5.80. The average molecular weight is 602 g/mol. The van der Waals surface area contributed by atoms with Gasteiger partial charge in [-0.1, -0.05) is 36.4 Å². The lowest BCUT2D eigenvalue weighted by Crippen LogP contribution is -2.57. The molecular weight excluding hydrogens is 566 g/mol. The number of likely N-dealkylation sites (tertiary alicyclic amines) is 1. The molecule has 0 bridgehead atoms. The number of primary amides is 1. The number of aromatic nitrogens is 2. The van der Waals surface area contributed by atoms with Crippen LogP contribution in [0.1, 0.15) is 30.4 Å². The number of hydrogen-bond donors (Lipinski definition) is 7. The number of carboxylic acids is 1. The third kappa shape index (κ3) is 6.57. The van der Waals surface area contributed by atoms with E-state index in [1.165, 1.54) is 4.90 Å². The largest absolute Gasteiger partial charge is 0.480 e. The number of amides is 4. The molecule has 2 aromatic heterocycles. The monoisotopic (exact) mass is 601 g/mol. The molecule has 13 nitrogen and oxygen atoms in total. The number of carbonyl (C=O) groups excluding carboxylic acids is 4. The molecule has 9 N–H and O–H groups in total. The van der Waals surface area contributed by atoms with Crippen molar-refractivity contribution in [1.82, 2.24) is 25.5 Å². The summed E-state index contributed by atoms with van der Waals surface area (Å²) in [6.07, 6.45) is 3.94. The number of carbonyl (C=O) groups is 5. The lowest BCUT2D eigenvalue weighted by Gasteiger charge is -2.29. The zero-order chi connectivity index (χ0) is 31.4. The maximum Gasteiger partial charge on any atom is 0.326 e. The Balaban J connectivity index is 1.26. The van der Waals surface area contributed by atoms with Crippen LogP contribution < -0.4 is 22.1 Å². The number of nitrogens with zero attached hydrogens (tertiary/aromatic N) is 1. The molecule has 13 heteroatoms. The van der Waals surface area contributed by atoms with Crippen molar-refractivity contribution in [3.05, 3.63) is 72.1 Å². The van der Waals surface area contributed by atoms with Crippen LogP contribution in [0, 0.1) is 0 Å². The Kier molecular flexibility index (Phi) is 8.95. The lowest BCUT2D eigenvalue weighted by atomic mass is 10.0.